The van der Waals surface area contributed by atoms with Crippen molar-refractivity contribution >= 4 is 42.6 Å². The van der Waals surface area contributed by atoms with E-state index in [-0.39, 0.29) is 25.7 Å². The van der Waals surface area contributed by atoms with Gasteiger partial charge in [-0.1, -0.05) is 109 Å². The van der Waals surface area contributed by atoms with Gasteiger partial charge in [0.25, 0.3) is 0 Å². The average molecular weight is 699 g/mol. The molecule has 1 N–H and O–H groups in total. The maximum Gasteiger partial charge on any atom is 0.368 e. The van der Waals surface area contributed by atoms with Crippen LogP contribution in [0.25, 0.3) is 0 Å². The topological polar surface area (TPSA) is 72.9 Å². The van der Waals surface area contributed by atoms with Crippen molar-refractivity contribution in [1.29, 1.82) is 0 Å². The Balaban J connectivity index is 1.26. The fourth-order valence-electron chi connectivity index (χ4n) is 4.85. The Morgan fingerprint density at radius 3 is 2.07 bits per heavy atom. The van der Waals surface area contributed by atoms with E-state index in [1.165, 1.54) is 5.70 Å². The lowest BCUT2D eigenvalue weighted by Gasteiger charge is -2.26. The second-order valence-corrected chi connectivity index (χ2v) is 15.4. The zero-order valence-electron chi connectivity index (χ0n) is 26.1. The van der Waals surface area contributed by atoms with Crippen molar-refractivity contribution in [2.24, 2.45) is 5.92 Å². The van der Waals surface area contributed by atoms with E-state index >= 15 is 0 Å². The number of thioether (sulfide) groups is 1. The highest BCUT2D eigenvalue weighted by molar-refractivity contribution is 8.03. The molecule has 0 amide bonds. The number of ether oxygens (including phenoxy) is 1. The van der Waals surface area contributed by atoms with Crippen LogP contribution in [0.1, 0.15) is 44.0 Å². The largest absolute Gasteiger partial charge is 0.479 e. The fraction of sp³-hybridized carbons (Fsp3) is 0.286. The van der Waals surface area contributed by atoms with Crippen LogP contribution in [0.4, 0.5) is 0 Å². The third-order valence-corrected chi connectivity index (χ3v) is 10.2. The molecule has 0 saturated carbocycles. The second kappa shape index (κ2) is 16.2. The molecule has 0 bridgehead atoms. The van der Waals surface area contributed by atoms with Gasteiger partial charge in [-0.3, -0.25) is 9.55 Å². The zero-order valence-corrected chi connectivity index (χ0v) is 29.3. The molecule has 5 rings (SSSR count). The van der Waals surface area contributed by atoms with Crippen LogP contribution < -0.4 is 10.1 Å². The molecular weight excluding hydrogens is 660 g/mol. The van der Waals surface area contributed by atoms with E-state index in [1.54, 1.807) is 24.0 Å². The molecule has 7 nitrogen and oxygen atoms in total. The van der Waals surface area contributed by atoms with Crippen molar-refractivity contribution in [3.05, 3.63) is 135 Å². The molecule has 0 fully saturated rings. The Morgan fingerprint density at radius 1 is 0.913 bits per heavy atom. The van der Waals surface area contributed by atoms with Crippen molar-refractivity contribution in [3.8, 4) is 5.75 Å². The quantitative estimate of drug-likeness (QED) is 0.123. The molecular formula is C35H38Cl2N3O4PS. The maximum atomic E-state index is 13.8. The van der Waals surface area contributed by atoms with Gasteiger partial charge in [0.15, 0.2) is 6.35 Å². The predicted molar refractivity (Wildman–Crippen MR) is 187 cm³/mol. The Morgan fingerprint density at radius 2 is 1.52 bits per heavy atom. The number of rotatable bonds is 15. The number of allylic oxidation sites excluding steroid dienone is 1. The summed E-state index contributed by atoms with van der Waals surface area (Å²) in [5, 5.41) is 5.98. The summed E-state index contributed by atoms with van der Waals surface area (Å²) >= 11 is 14.3. The Hall–Kier alpha value is -2.97. The molecule has 1 aliphatic heterocycles. The first-order valence-corrected chi connectivity index (χ1v) is 18.4. The van der Waals surface area contributed by atoms with Gasteiger partial charge in [0, 0.05) is 20.6 Å². The minimum atomic E-state index is -3.62. The highest BCUT2D eigenvalue weighted by Crippen LogP contribution is 2.50. The van der Waals surface area contributed by atoms with Crippen LogP contribution in [-0.4, -0.2) is 22.4 Å². The molecule has 0 aliphatic carbocycles. The first-order valence-electron chi connectivity index (χ1n) is 15.1. The van der Waals surface area contributed by atoms with E-state index < -0.39 is 7.60 Å². The molecule has 2 heterocycles. The van der Waals surface area contributed by atoms with Crippen molar-refractivity contribution in [3.63, 3.8) is 0 Å². The molecule has 0 radical (unpaired) electrons. The summed E-state index contributed by atoms with van der Waals surface area (Å²) in [4.78, 5) is 7.95. The number of nitrogens with one attached hydrogen (secondary N) is 1. The van der Waals surface area contributed by atoms with Gasteiger partial charge < -0.3 is 24.0 Å². The third kappa shape index (κ3) is 10.0. The van der Waals surface area contributed by atoms with Crippen LogP contribution >= 0.6 is 42.6 Å². The number of pyridine rings is 1. The molecule has 3 aromatic carbocycles. The fourth-order valence-corrected chi connectivity index (χ4v) is 7.93. The lowest BCUT2D eigenvalue weighted by atomic mass is 10.1. The van der Waals surface area contributed by atoms with Gasteiger partial charge in [-0.25, -0.2) is 0 Å². The van der Waals surface area contributed by atoms with Gasteiger partial charge in [-0.2, -0.15) is 0 Å². The normalized spacial score (nSPS) is 15.0. The Kier molecular flexibility index (Phi) is 12.1. The van der Waals surface area contributed by atoms with Crippen LogP contribution in [0.2, 0.25) is 10.0 Å². The van der Waals surface area contributed by atoms with E-state index in [4.69, 9.17) is 37.0 Å². The van der Waals surface area contributed by atoms with Crippen molar-refractivity contribution in [2.45, 2.75) is 58.0 Å². The third-order valence-electron chi connectivity index (χ3n) is 7.09. The predicted octanol–water partition coefficient (Wildman–Crippen LogP) is 10.1. The molecule has 0 saturated heterocycles. The van der Waals surface area contributed by atoms with E-state index in [9.17, 15) is 4.57 Å². The van der Waals surface area contributed by atoms with E-state index in [0.717, 1.165) is 33.2 Å². The van der Waals surface area contributed by atoms with Gasteiger partial charge in [0.1, 0.15) is 5.75 Å². The average Bonchev–Trinajstić information content (AvgIpc) is 3.31. The number of benzene rings is 3. The molecule has 46 heavy (non-hydrogen) atoms. The monoisotopic (exact) mass is 697 g/mol. The Labute approximate surface area is 285 Å². The Bertz CT molecular complexity index is 1590. The van der Waals surface area contributed by atoms with E-state index in [0.29, 0.717) is 28.3 Å². The molecule has 242 valence electrons. The summed E-state index contributed by atoms with van der Waals surface area (Å²) in [6.07, 6.45) is 2.38. The highest BCUT2D eigenvalue weighted by Gasteiger charge is 2.30. The smallest absolute Gasteiger partial charge is 0.368 e. The summed E-state index contributed by atoms with van der Waals surface area (Å²) in [6, 6.07) is 28.5. The lowest BCUT2D eigenvalue weighted by molar-refractivity contribution is 0.172. The molecule has 11 heteroatoms. The summed E-state index contributed by atoms with van der Waals surface area (Å²) in [7, 11) is -3.62. The highest BCUT2D eigenvalue weighted by atomic mass is 35.5. The first kappa shape index (κ1) is 34.4. The van der Waals surface area contributed by atoms with Gasteiger partial charge in [-0.15, -0.1) is 0 Å². The summed E-state index contributed by atoms with van der Waals surface area (Å²) < 4.78 is 31.4. The minimum Gasteiger partial charge on any atom is -0.479 e. The van der Waals surface area contributed by atoms with Crippen LogP contribution in [-0.2, 0) is 33.4 Å². The van der Waals surface area contributed by atoms with Crippen LogP contribution in [0.3, 0.4) is 0 Å². The SMILES string of the molecule is CC(C)CC1=C(Sc2cc(Cl)cc(Cl)c2)N(Cc2ccc(OCP(=O)(OCc3ccccc3)OCc3ccccc3)cn2)C(C)N1. The van der Waals surface area contributed by atoms with Gasteiger partial charge >= 0.3 is 7.60 Å². The maximum absolute atomic E-state index is 13.8. The number of hydrogen-bond donors (Lipinski definition) is 1. The first-order chi connectivity index (χ1) is 22.2. The summed E-state index contributed by atoms with van der Waals surface area (Å²) in [5.74, 6) is 0.953. The van der Waals surface area contributed by atoms with Gasteiger partial charge in [-0.05, 0) is 60.7 Å². The molecule has 4 aromatic rings. The van der Waals surface area contributed by atoms with Gasteiger partial charge in [0.2, 0.25) is 0 Å². The van der Waals surface area contributed by atoms with E-state index in [1.807, 2.05) is 84.9 Å². The molecule has 1 aliphatic rings. The minimum absolute atomic E-state index is 0.0676. The second-order valence-electron chi connectivity index (χ2n) is 11.4. The molecule has 1 atom stereocenters. The number of hydrogen-bond acceptors (Lipinski definition) is 8. The van der Waals surface area contributed by atoms with Gasteiger partial charge in [0.05, 0.1) is 42.8 Å². The lowest BCUT2D eigenvalue weighted by Crippen LogP contribution is -2.34. The zero-order chi connectivity index (χ0) is 32.5. The van der Waals surface area contributed by atoms with Crippen LogP contribution in [0, 0.1) is 5.92 Å². The molecule has 0 spiro atoms. The summed E-state index contributed by atoms with van der Waals surface area (Å²) in [6.45, 7) is 7.41. The number of halogens is 2. The summed E-state index contributed by atoms with van der Waals surface area (Å²) in [5.41, 5.74) is 3.83. The van der Waals surface area contributed by atoms with Crippen LogP contribution in [0.15, 0.2) is 113 Å². The van der Waals surface area contributed by atoms with Crippen molar-refractivity contribution in [2.75, 3.05) is 6.35 Å². The number of aromatic nitrogens is 1. The molecule has 1 unspecified atom stereocenters. The number of nitrogens with zero attached hydrogens (tertiary/aromatic N) is 2. The van der Waals surface area contributed by atoms with Crippen LogP contribution in [0.5, 0.6) is 5.75 Å². The van der Waals surface area contributed by atoms with Crippen molar-refractivity contribution < 1.29 is 18.3 Å². The standard InChI is InChI=1S/C35H38Cl2N3O4PS/c1-25(2)16-34-35(46-33-18-29(36)17-30(37)19-33)40(26(3)39-34)21-31-14-15-32(20-38-31)42-24-45(41,43-22-27-10-6-4-7-11-27)44-23-28-12-8-5-9-13-28/h4-15,17-20,25-26,39H,16,21-24H2,1-3H3. The molecule has 1 aromatic heterocycles. The van der Waals surface area contributed by atoms with Crippen molar-refractivity contribution in [1.82, 2.24) is 15.2 Å². The van der Waals surface area contributed by atoms with E-state index in [2.05, 4.69) is 36.0 Å².